The van der Waals surface area contributed by atoms with Crippen LogP contribution in [-0.2, 0) is 60.0 Å². The summed E-state index contributed by atoms with van der Waals surface area (Å²) in [6.45, 7) is 4.46. The zero-order valence-electron chi connectivity index (χ0n) is 72.5. The van der Waals surface area contributed by atoms with Crippen LogP contribution in [0.4, 0.5) is 17.8 Å². The summed E-state index contributed by atoms with van der Waals surface area (Å²) in [5.41, 5.74) is 28.6. The van der Waals surface area contributed by atoms with Crippen LogP contribution in [0, 0.1) is 11.3 Å². The Morgan fingerprint density at radius 2 is 0.954 bits per heavy atom. The molecule has 1 aliphatic carbocycles. The van der Waals surface area contributed by atoms with Crippen LogP contribution in [0.3, 0.4) is 0 Å². The van der Waals surface area contributed by atoms with Crippen molar-refractivity contribution < 1.29 is 4.79 Å². The summed E-state index contributed by atoms with van der Waals surface area (Å²) in [4.78, 5) is 82.6. The van der Waals surface area contributed by atoms with Crippen LogP contribution < -0.4 is 21.4 Å². The zero-order valence-corrected chi connectivity index (χ0v) is 74.1. The molecule has 22 rings (SSSR count). The van der Waals surface area contributed by atoms with Gasteiger partial charge in [0.05, 0.1) is 130 Å². The average molecular weight is 1790 g/mol. The topological polar surface area (TPSA) is 357 Å². The number of nitriles is 1. The number of para-hydroxylation sites is 12. The van der Waals surface area contributed by atoms with E-state index < -0.39 is 0 Å². The molecule has 14 aromatic heterocycles. The highest BCUT2D eigenvalue weighted by Gasteiger charge is 2.28. The van der Waals surface area contributed by atoms with Crippen LogP contribution >= 0.6 is 15.9 Å². The normalized spacial score (nSPS) is 12.4. The molecule has 0 unspecified atom stereocenters. The van der Waals surface area contributed by atoms with Crippen molar-refractivity contribution in [2.24, 2.45) is 62.6 Å². The molecule has 131 heavy (non-hydrogen) atoms. The number of nitrogens with zero attached hydrogens (tertiary/aromatic N) is 27. The van der Waals surface area contributed by atoms with Gasteiger partial charge in [-0.1, -0.05) is 109 Å². The summed E-state index contributed by atoms with van der Waals surface area (Å²) in [6.07, 6.45) is 16.6. The van der Waals surface area contributed by atoms with Crippen LogP contribution in [0.15, 0.2) is 328 Å². The largest absolute Gasteiger partial charge is 0.330 e. The molecular formula is C98H85BrN30O2. The number of hydrogen-bond acceptors (Lipinski definition) is 22. The van der Waals surface area contributed by atoms with Gasteiger partial charge in [0, 0.05) is 103 Å². The standard InChI is InChI=1S/C18H17N5.C17H15N5O.C16H15BrN4.C16H13N5O.C16H13N5.C15H12N6/c1-12(14-11-10-13-6-5-8-15(13)19-14)21-22-18-20-16-7-3-4-9-17(16)23(18)2;1-21-15-8-3-2-7-14(15)19-17(21)22-16(23)10-9-13(20-22)12-6-4-5-11-18-12;1-11(16-12(17)6-5-9-18-16)19-10-15-20-13-7-3-4-8-14(13)21(15)2;1-20-14-8-3-2-7-12(14)18-16(20)21-15(22)10-13(19-21)11-6-4-5-9-17-11;1-20-15-8-3-2-7-14(15)18-16(20)21-11-9-13(19-21)12-6-4-5-10-17-12;1-21-14-8-3-2-7-12(14)18-15(21)20-19-13(10-16)11-6-4-5-9-17-11/h3-5,7-11H,6H2,1-2H3,(H,20,22);2-8,11H,9-10H2,1H3;3-9H,10H2,1-2H3;2-10,19H,1H3;2-11H,1H3;2-9H,1H3,(H,18,20)/b21-12+;;;;;19-13+. The van der Waals surface area contributed by atoms with Crippen LogP contribution in [0.5, 0.6) is 0 Å². The maximum atomic E-state index is 12.3. The Morgan fingerprint density at radius 3 is 1.50 bits per heavy atom. The molecule has 0 saturated heterocycles. The number of pyridine rings is 6. The first kappa shape index (κ1) is 85.9. The van der Waals surface area contributed by atoms with Crippen LogP contribution in [0.2, 0.25) is 0 Å². The number of nitrogens with one attached hydrogen (secondary N) is 3. The number of hydrazone groups is 3. The lowest BCUT2D eigenvalue weighted by molar-refractivity contribution is -0.118. The molecule has 0 fully saturated rings. The molecule has 32 nitrogen and oxygen atoms in total. The van der Waals surface area contributed by atoms with E-state index in [2.05, 4.69) is 152 Å². The zero-order chi connectivity index (χ0) is 90.4. The lowest BCUT2D eigenvalue weighted by Crippen LogP contribution is -2.33. The molecule has 0 atom stereocenters. The minimum atomic E-state index is -0.168. The second-order valence-corrected chi connectivity index (χ2v) is 31.0. The third-order valence-corrected chi connectivity index (χ3v) is 22.3. The van der Waals surface area contributed by atoms with Gasteiger partial charge in [-0.15, -0.1) is 0 Å². The Kier molecular flexibility index (Phi) is 25.6. The number of aliphatic imine (C=N–C) groups is 1. The molecular weight excluding hydrogens is 1710 g/mol. The van der Waals surface area contributed by atoms with E-state index in [1.807, 2.05) is 310 Å². The quantitative estimate of drug-likeness (QED) is 0.0634. The summed E-state index contributed by atoms with van der Waals surface area (Å²) in [5, 5.41) is 31.3. The number of aromatic nitrogens is 22. The van der Waals surface area contributed by atoms with Gasteiger partial charge in [0.2, 0.25) is 35.6 Å². The lowest BCUT2D eigenvalue weighted by atomic mass is 10.1. The molecule has 15 heterocycles. The average Bonchev–Trinajstić information content (AvgIpc) is 1.63. The molecule has 0 saturated carbocycles. The number of fused-ring (bicyclic) bond motifs is 7. The second kappa shape index (κ2) is 39.1. The molecule has 3 N–H and O–H groups in total. The van der Waals surface area contributed by atoms with Gasteiger partial charge >= 0.3 is 0 Å². The number of allylic oxidation sites excluding steroid dienone is 1. The van der Waals surface area contributed by atoms with Crippen molar-refractivity contribution in [2.75, 3.05) is 15.9 Å². The molecule has 1 aliphatic heterocycles. The SMILES string of the molecule is C/C(=N\Nc1nc2ccccc2n1C)c1ccc2c(n1)C=CC2.CC(=NCc1nc2ccccc2n1C)c1ncccc1Br.Cn1c(-n2[nH]c(-c3ccccn3)cc2=O)nc2ccccc21.Cn1c(-n2ccc(-c3ccccn3)n2)nc2ccccc21.Cn1c(N/N=C(\C#N)c2ccccn2)nc2ccccc21.Cn1c(N2N=C(c3ccccn3)CCC2=O)nc2ccccc21. The van der Waals surface area contributed by atoms with Crippen molar-refractivity contribution in [1.29, 1.82) is 5.26 Å². The monoisotopic (exact) mass is 1790 g/mol. The number of amides is 1. The lowest BCUT2D eigenvalue weighted by Gasteiger charge is -2.22. The molecule has 1 amide bonds. The number of aryl methyl sites for hydroxylation is 6. The molecule has 20 aromatic rings. The van der Waals surface area contributed by atoms with Crippen LogP contribution in [0.25, 0.3) is 107 Å². The third-order valence-electron chi connectivity index (χ3n) is 21.7. The Bertz CT molecular complexity index is 7810. The first-order chi connectivity index (χ1) is 64.0. The van der Waals surface area contributed by atoms with Crippen molar-refractivity contribution in [3.63, 3.8) is 0 Å². The van der Waals surface area contributed by atoms with Crippen molar-refractivity contribution >= 4 is 135 Å². The van der Waals surface area contributed by atoms with Crippen molar-refractivity contribution in [1.82, 2.24) is 107 Å². The highest BCUT2D eigenvalue weighted by molar-refractivity contribution is 9.10. The van der Waals surface area contributed by atoms with Crippen LogP contribution in [0.1, 0.15) is 66.5 Å². The molecule has 2 aliphatic rings. The first-order valence-corrected chi connectivity index (χ1v) is 42.5. The van der Waals surface area contributed by atoms with E-state index in [1.54, 1.807) is 47.8 Å². The molecule has 33 heteroatoms. The summed E-state index contributed by atoms with van der Waals surface area (Å²) in [6, 6.07) is 83.4. The summed E-state index contributed by atoms with van der Waals surface area (Å²) >= 11 is 3.50. The van der Waals surface area contributed by atoms with Crippen molar-refractivity contribution in [3.8, 4) is 40.7 Å². The first-order valence-electron chi connectivity index (χ1n) is 41.7. The smallest absolute Gasteiger partial charge is 0.274 e. The van der Waals surface area contributed by atoms with Gasteiger partial charge in [0.25, 0.3) is 5.56 Å². The van der Waals surface area contributed by atoms with Gasteiger partial charge in [-0.25, -0.2) is 50.4 Å². The maximum absolute atomic E-state index is 12.3. The Hall–Kier alpha value is -17.3. The van der Waals surface area contributed by atoms with Gasteiger partial charge in [-0.05, 0) is 193 Å². The highest BCUT2D eigenvalue weighted by atomic mass is 79.9. The fraction of sp³-hybridized carbons (Fsp3) is 0.122. The molecule has 646 valence electrons. The Balaban J connectivity index is 0.000000110. The maximum Gasteiger partial charge on any atom is 0.274 e. The number of rotatable bonds is 15. The van der Waals surface area contributed by atoms with E-state index in [0.29, 0.717) is 54.6 Å². The van der Waals surface area contributed by atoms with Gasteiger partial charge in [0.1, 0.15) is 23.3 Å². The minimum absolute atomic E-state index is 0.0527. The Morgan fingerprint density at radius 1 is 0.458 bits per heavy atom. The van der Waals surface area contributed by atoms with E-state index in [1.165, 1.54) is 21.3 Å². The van der Waals surface area contributed by atoms with Gasteiger partial charge < -0.3 is 27.4 Å². The number of hydrogen-bond donors (Lipinski definition) is 3. The van der Waals surface area contributed by atoms with Crippen molar-refractivity contribution in [2.45, 2.75) is 39.7 Å². The predicted octanol–water partition coefficient (Wildman–Crippen LogP) is 16.9. The molecule has 0 spiro atoms. The van der Waals surface area contributed by atoms with E-state index in [9.17, 15) is 14.9 Å². The van der Waals surface area contributed by atoms with Gasteiger partial charge in [0.15, 0.2) is 5.71 Å². The number of aromatic amines is 1. The molecule has 6 aromatic carbocycles. The van der Waals surface area contributed by atoms with E-state index >= 15 is 0 Å². The van der Waals surface area contributed by atoms with E-state index in [0.717, 1.165) is 146 Å². The van der Waals surface area contributed by atoms with Crippen molar-refractivity contribution in [3.05, 3.63) is 353 Å². The molecule has 0 radical (unpaired) electrons. The Labute approximate surface area is 758 Å². The number of carbonyl (C=O) groups excluding carboxylic acids is 1. The summed E-state index contributed by atoms with van der Waals surface area (Å²) in [7, 11) is 11.7. The van der Waals surface area contributed by atoms with Gasteiger partial charge in [-0.3, -0.25) is 44.6 Å². The number of anilines is 3. The van der Waals surface area contributed by atoms with Crippen LogP contribution in [-0.4, -0.2) is 136 Å². The fourth-order valence-corrected chi connectivity index (χ4v) is 15.2. The molecule has 0 bridgehead atoms. The fourth-order valence-electron chi connectivity index (χ4n) is 14.7. The third kappa shape index (κ3) is 19.0. The number of H-pyrrole nitrogens is 1. The van der Waals surface area contributed by atoms with E-state index in [4.69, 9.17) is 0 Å². The summed E-state index contributed by atoms with van der Waals surface area (Å²) in [5.74, 6) is 4.05. The van der Waals surface area contributed by atoms with Gasteiger partial charge in [-0.2, -0.15) is 35.4 Å². The minimum Gasteiger partial charge on any atom is -0.330 e. The highest BCUT2D eigenvalue weighted by Crippen LogP contribution is 2.29. The van der Waals surface area contributed by atoms with E-state index in [-0.39, 0.29) is 17.2 Å². The number of imidazole rings is 6. The summed E-state index contributed by atoms with van der Waals surface area (Å²) < 4.78 is 15.9. The number of halogens is 1. The second-order valence-electron chi connectivity index (χ2n) is 30.1. The predicted molar refractivity (Wildman–Crippen MR) is 516 cm³/mol. The number of benzene rings is 6. The number of carbonyl (C=O) groups is 1.